The molecule has 0 aromatic heterocycles. The molecule has 1 aliphatic heterocycles. The Balaban J connectivity index is 1.77. The maximum atomic E-state index is 12.9. The van der Waals surface area contributed by atoms with Crippen LogP contribution < -0.4 is 10.1 Å². The Morgan fingerprint density at radius 3 is 2.27 bits per heavy atom. The molecule has 1 aromatic rings. The Hall–Kier alpha value is -2.15. The lowest BCUT2D eigenvalue weighted by molar-refractivity contribution is -0.136. The second-order valence-corrected chi connectivity index (χ2v) is 7.57. The number of piperazine rings is 1. The molecule has 144 valence electrons. The van der Waals surface area contributed by atoms with Crippen molar-refractivity contribution in [2.75, 3.05) is 32.8 Å². The molecule has 1 fully saturated rings. The van der Waals surface area contributed by atoms with E-state index in [1.54, 1.807) is 4.90 Å². The molecule has 2 amide bonds. The van der Waals surface area contributed by atoms with Crippen LogP contribution in [0, 0.1) is 5.82 Å². The predicted molar refractivity (Wildman–Crippen MR) is 97.4 cm³/mol. The number of hydrogen-bond acceptors (Lipinski definition) is 4. The van der Waals surface area contributed by atoms with E-state index in [4.69, 9.17) is 4.74 Å². The van der Waals surface area contributed by atoms with Gasteiger partial charge in [-0.1, -0.05) is 0 Å². The molecular formula is C19H28FN3O3. The third-order valence-corrected chi connectivity index (χ3v) is 4.27. The zero-order valence-corrected chi connectivity index (χ0v) is 15.9. The fourth-order valence-corrected chi connectivity index (χ4v) is 2.77. The van der Waals surface area contributed by atoms with Crippen molar-refractivity contribution in [1.29, 1.82) is 0 Å². The van der Waals surface area contributed by atoms with Crippen LogP contribution in [0.15, 0.2) is 24.3 Å². The van der Waals surface area contributed by atoms with Gasteiger partial charge in [0.15, 0.2) is 6.61 Å². The average Bonchev–Trinajstić information content (AvgIpc) is 2.59. The zero-order valence-electron chi connectivity index (χ0n) is 15.9. The van der Waals surface area contributed by atoms with Crippen LogP contribution in [-0.2, 0) is 9.59 Å². The van der Waals surface area contributed by atoms with Gasteiger partial charge in [0.1, 0.15) is 11.6 Å². The van der Waals surface area contributed by atoms with Crippen LogP contribution in [0.3, 0.4) is 0 Å². The van der Waals surface area contributed by atoms with E-state index in [2.05, 4.69) is 10.2 Å². The molecule has 1 atom stereocenters. The molecule has 1 aromatic carbocycles. The fraction of sp³-hybridized carbons (Fsp3) is 0.579. The Morgan fingerprint density at radius 2 is 1.73 bits per heavy atom. The van der Waals surface area contributed by atoms with Crippen LogP contribution in [0.2, 0.25) is 0 Å². The number of nitrogens with zero attached hydrogens (tertiary/aromatic N) is 2. The van der Waals surface area contributed by atoms with Crippen LogP contribution in [-0.4, -0.2) is 66.0 Å². The van der Waals surface area contributed by atoms with Gasteiger partial charge < -0.3 is 15.0 Å². The quantitative estimate of drug-likeness (QED) is 0.862. The molecule has 0 bridgehead atoms. The highest BCUT2D eigenvalue weighted by Crippen LogP contribution is 2.12. The molecule has 26 heavy (non-hydrogen) atoms. The van der Waals surface area contributed by atoms with E-state index >= 15 is 0 Å². The minimum Gasteiger partial charge on any atom is -0.484 e. The Morgan fingerprint density at radius 1 is 1.15 bits per heavy atom. The highest BCUT2D eigenvalue weighted by atomic mass is 19.1. The van der Waals surface area contributed by atoms with Crippen molar-refractivity contribution >= 4 is 11.8 Å². The monoisotopic (exact) mass is 365 g/mol. The largest absolute Gasteiger partial charge is 0.484 e. The highest BCUT2D eigenvalue weighted by molar-refractivity contribution is 5.82. The molecule has 7 heteroatoms. The van der Waals surface area contributed by atoms with E-state index in [0.29, 0.717) is 31.9 Å². The molecule has 0 spiro atoms. The van der Waals surface area contributed by atoms with E-state index in [9.17, 15) is 14.0 Å². The second kappa shape index (κ2) is 8.49. The van der Waals surface area contributed by atoms with Crippen LogP contribution in [0.25, 0.3) is 0 Å². The zero-order chi connectivity index (χ0) is 19.3. The summed E-state index contributed by atoms with van der Waals surface area (Å²) in [7, 11) is 0. The number of ether oxygens (including phenoxy) is 1. The number of halogens is 1. The van der Waals surface area contributed by atoms with Gasteiger partial charge in [-0.25, -0.2) is 4.39 Å². The Bertz CT molecular complexity index is 620. The Kier molecular flexibility index (Phi) is 6.58. The third-order valence-electron chi connectivity index (χ3n) is 4.27. The molecule has 0 saturated carbocycles. The number of benzene rings is 1. The summed E-state index contributed by atoms with van der Waals surface area (Å²) in [4.78, 5) is 28.3. The van der Waals surface area contributed by atoms with Crippen molar-refractivity contribution in [3.8, 4) is 5.75 Å². The van der Waals surface area contributed by atoms with E-state index in [1.165, 1.54) is 24.3 Å². The lowest BCUT2D eigenvalue weighted by Crippen LogP contribution is -2.57. The summed E-state index contributed by atoms with van der Waals surface area (Å²) < 4.78 is 18.3. The van der Waals surface area contributed by atoms with Gasteiger partial charge in [0, 0.05) is 31.7 Å². The molecular weight excluding hydrogens is 337 g/mol. The number of rotatable bonds is 5. The van der Waals surface area contributed by atoms with Crippen molar-refractivity contribution in [1.82, 2.24) is 15.1 Å². The topological polar surface area (TPSA) is 61.9 Å². The van der Waals surface area contributed by atoms with Gasteiger partial charge in [0.05, 0.1) is 6.04 Å². The van der Waals surface area contributed by atoms with Gasteiger partial charge in [-0.15, -0.1) is 0 Å². The maximum Gasteiger partial charge on any atom is 0.260 e. The van der Waals surface area contributed by atoms with Gasteiger partial charge in [0.25, 0.3) is 5.91 Å². The minimum absolute atomic E-state index is 0.00285. The van der Waals surface area contributed by atoms with Crippen LogP contribution in [0.5, 0.6) is 5.75 Å². The first kappa shape index (κ1) is 20.2. The first-order valence-corrected chi connectivity index (χ1v) is 8.88. The second-order valence-electron chi connectivity index (χ2n) is 7.57. The standard InChI is InChI=1S/C19H28FN3O3/c1-14(18(25)21-19(2,3)4)22-9-11-23(12-10-22)17(24)13-26-16-7-5-15(20)6-8-16/h5-8,14H,9-13H2,1-4H3,(H,21,25). The SMILES string of the molecule is CC(C(=O)NC(C)(C)C)N1CCN(C(=O)COc2ccc(F)cc2)CC1. The smallest absolute Gasteiger partial charge is 0.260 e. The molecule has 6 nitrogen and oxygen atoms in total. The normalized spacial score (nSPS) is 16.9. The minimum atomic E-state index is -0.343. The number of nitrogens with one attached hydrogen (secondary N) is 1. The van der Waals surface area contributed by atoms with Gasteiger partial charge in [-0.3, -0.25) is 14.5 Å². The van der Waals surface area contributed by atoms with Crippen molar-refractivity contribution < 1.29 is 18.7 Å². The van der Waals surface area contributed by atoms with Gasteiger partial charge in [-0.2, -0.15) is 0 Å². The molecule has 2 rings (SSSR count). The molecule has 1 unspecified atom stereocenters. The predicted octanol–water partition coefficient (Wildman–Crippen LogP) is 1.65. The fourth-order valence-electron chi connectivity index (χ4n) is 2.77. The number of carbonyl (C=O) groups excluding carboxylic acids is 2. The van der Waals surface area contributed by atoms with Gasteiger partial charge in [-0.05, 0) is 52.0 Å². The summed E-state index contributed by atoms with van der Waals surface area (Å²) in [6, 6.07) is 5.35. The maximum absolute atomic E-state index is 12.9. The molecule has 1 aliphatic rings. The summed E-state index contributed by atoms with van der Waals surface area (Å²) in [6.45, 7) is 10.1. The van der Waals surface area contributed by atoms with E-state index in [1.807, 2.05) is 27.7 Å². The first-order chi connectivity index (χ1) is 12.2. The van der Waals surface area contributed by atoms with Crippen molar-refractivity contribution in [3.63, 3.8) is 0 Å². The summed E-state index contributed by atoms with van der Waals surface area (Å²) in [5.74, 6) is 0.00738. The van der Waals surface area contributed by atoms with Crippen molar-refractivity contribution in [2.24, 2.45) is 0 Å². The summed E-state index contributed by atoms with van der Waals surface area (Å²) in [5.41, 5.74) is -0.263. The van der Waals surface area contributed by atoms with Gasteiger partial charge >= 0.3 is 0 Å². The first-order valence-electron chi connectivity index (χ1n) is 8.88. The van der Waals surface area contributed by atoms with Gasteiger partial charge in [0.2, 0.25) is 5.91 Å². The van der Waals surface area contributed by atoms with E-state index in [0.717, 1.165) is 0 Å². The van der Waals surface area contributed by atoms with Crippen molar-refractivity contribution in [2.45, 2.75) is 39.3 Å². The van der Waals surface area contributed by atoms with Crippen LogP contribution in [0.1, 0.15) is 27.7 Å². The average molecular weight is 365 g/mol. The van der Waals surface area contributed by atoms with Crippen LogP contribution in [0.4, 0.5) is 4.39 Å². The summed E-state index contributed by atoms with van der Waals surface area (Å²) in [6.07, 6.45) is 0. The van der Waals surface area contributed by atoms with Crippen molar-refractivity contribution in [3.05, 3.63) is 30.1 Å². The molecule has 0 aliphatic carbocycles. The number of hydrogen-bond donors (Lipinski definition) is 1. The summed E-state index contributed by atoms with van der Waals surface area (Å²) >= 11 is 0. The van der Waals surface area contributed by atoms with E-state index in [-0.39, 0.29) is 35.8 Å². The molecule has 0 radical (unpaired) electrons. The van der Waals surface area contributed by atoms with E-state index < -0.39 is 0 Å². The van der Waals surface area contributed by atoms with Crippen LogP contribution >= 0.6 is 0 Å². The third kappa shape index (κ3) is 5.98. The lowest BCUT2D eigenvalue weighted by Gasteiger charge is -2.38. The number of amides is 2. The number of carbonyl (C=O) groups is 2. The lowest BCUT2D eigenvalue weighted by atomic mass is 10.1. The molecule has 1 N–H and O–H groups in total. The molecule has 1 heterocycles. The highest BCUT2D eigenvalue weighted by Gasteiger charge is 2.29. The summed E-state index contributed by atoms with van der Waals surface area (Å²) in [5, 5.41) is 2.98. The molecule has 1 saturated heterocycles. The Labute approximate surface area is 154 Å².